The van der Waals surface area contributed by atoms with Gasteiger partial charge in [-0.05, 0) is 38.2 Å². The van der Waals surface area contributed by atoms with Gasteiger partial charge in [-0.25, -0.2) is 4.99 Å². The fourth-order valence-electron chi connectivity index (χ4n) is 3.70. The first-order chi connectivity index (χ1) is 15.3. The molecule has 1 saturated heterocycles. The largest absolute Gasteiger partial charge is 0.378 e. The zero-order valence-electron chi connectivity index (χ0n) is 19.4. The Morgan fingerprint density at radius 3 is 2.66 bits per heavy atom. The number of guanidine groups is 1. The lowest BCUT2D eigenvalue weighted by atomic mass is 10.1. The van der Waals surface area contributed by atoms with Crippen molar-refractivity contribution >= 4 is 29.9 Å². The van der Waals surface area contributed by atoms with Gasteiger partial charge in [-0.2, -0.15) is 0 Å². The molecule has 0 bridgehead atoms. The van der Waals surface area contributed by atoms with Crippen LogP contribution < -0.4 is 10.6 Å². The van der Waals surface area contributed by atoms with E-state index in [2.05, 4.69) is 69.9 Å². The van der Waals surface area contributed by atoms with Crippen molar-refractivity contribution in [1.29, 1.82) is 0 Å². The van der Waals surface area contributed by atoms with Crippen molar-refractivity contribution < 1.29 is 9.26 Å². The minimum Gasteiger partial charge on any atom is -0.378 e. The monoisotopic (exact) mass is 555 g/mol. The summed E-state index contributed by atoms with van der Waals surface area (Å²) in [5, 5.41) is 10.7. The van der Waals surface area contributed by atoms with E-state index in [1.165, 1.54) is 5.56 Å². The van der Waals surface area contributed by atoms with Crippen LogP contribution in [0.1, 0.15) is 50.1 Å². The van der Waals surface area contributed by atoms with Crippen molar-refractivity contribution in [1.82, 2.24) is 20.7 Å². The molecule has 32 heavy (non-hydrogen) atoms. The first kappa shape index (κ1) is 26.6. The first-order valence-corrected chi connectivity index (χ1v) is 11.6. The number of likely N-dealkylation sites (tertiary alicyclic amines) is 1. The summed E-state index contributed by atoms with van der Waals surface area (Å²) in [6, 6.07) is 12.7. The fourth-order valence-corrected chi connectivity index (χ4v) is 3.70. The fraction of sp³-hybridized carbons (Fsp3) is 0.583. The zero-order chi connectivity index (χ0) is 21.7. The van der Waals surface area contributed by atoms with Crippen LogP contribution in [0.5, 0.6) is 0 Å². The molecule has 0 saturated carbocycles. The Labute approximate surface area is 209 Å². The summed E-state index contributed by atoms with van der Waals surface area (Å²) in [6.07, 6.45) is 4.44. The summed E-state index contributed by atoms with van der Waals surface area (Å²) in [5.74, 6) is 1.59. The molecular formula is C24H38IN5O2. The Morgan fingerprint density at radius 1 is 1.19 bits per heavy atom. The number of halogens is 1. The van der Waals surface area contributed by atoms with Crippen LogP contribution in [0.25, 0.3) is 0 Å². The zero-order valence-corrected chi connectivity index (χ0v) is 21.7. The summed E-state index contributed by atoms with van der Waals surface area (Å²) in [4.78, 5) is 7.10. The predicted octanol–water partition coefficient (Wildman–Crippen LogP) is 3.98. The van der Waals surface area contributed by atoms with Crippen molar-refractivity contribution in [3.05, 3.63) is 53.4 Å². The highest BCUT2D eigenvalue weighted by Crippen LogP contribution is 2.16. The smallest absolute Gasteiger partial charge is 0.191 e. The number of piperidine rings is 1. The number of benzene rings is 1. The summed E-state index contributed by atoms with van der Waals surface area (Å²) < 4.78 is 11.4. The van der Waals surface area contributed by atoms with Gasteiger partial charge >= 0.3 is 0 Å². The number of hydrogen-bond donors (Lipinski definition) is 2. The molecule has 1 aromatic heterocycles. The molecule has 1 aliphatic rings. The Balaban J connectivity index is 0.00000363. The van der Waals surface area contributed by atoms with Crippen molar-refractivity contribution in [3.8, 4) is 0 Å². The van der Waals surface area contributed by atoms with E-state index >= 15 is 0 Å². The number of ether oxygens (including phenoxy) is 1. The second-order valence-electron chi connectivity index (χ2n) is 7.95. The third-order valence-electron chi connectivity index (χ3n) is 5.46. The molecule has 0 spiro atoms. The van der Waals surface area contributed by atoms with E-state index in [0.717, 1.165) is 82.4 Å². The standard InChI is InChI=1S/C24H37N5O2.HI/c1-3-21-17-23(31-28-21)18-27-24(25-4-2)26-13-8-16-30-22-11-14-29(15-12-22)19-20-9-6-5-7-10-20;/h5-7,9-10,17,22H,3-4,8,11-16,18-19H2,1-2H3,(H2,25,26,27);1H. The normalized spacial score (nSPS) is 15.4. The van der Waals surface area contributed by atoms with Crippen LogP contribution in [0.3, 0.4) is 0 Å². The third-order valence-corrected chi connectivity index (χ3v) is 5.46. The molecule has 1 aliphatic heterocycles. The van der Waals surface area contributed by atoms with Gasteiger partial charge < -0.3 is 19.9 Å². The van der Waals surface area contributed by atoms with Crippen molar-refractivity contribution in [2.75, 3.05) is 32.8 Å². The van der Waals surface area contributed by atoms with Crippen LogP contribution in [0.15, 0.2) is 45.9 Å². The van der Waals surface area contributed by atoms with Gasteiger partial charge in [0.1, 0.15) is 6.54 Å². The van der Waals surface area contributed by atoms with Gasteiger partial charge in [-0.15, -0.1) is 24.0 Å². The average Bonchev–Trinajstić information content (AvgIpc) is 3.27. The van der Waals surface area contributed by atoms with E-state index in [4.69, 9.17) is 9.26 Å². The molecule has 3 rings (SSSR count). The molecule has 0 unspecified atom stereocenters. The van der Waals surface area contributed by atoms with Crippen molar-refractivity contribution in [2.45, 2.75) is 58.7 Å². The quantitative estimate of drug-likeness (QED) is 0.189. The van der Waals surface area contributed by atoms with Gasteiger partial charge in [0.05, 0.1) is 11.8 Å². The molecule has 8 heteroatoms. The highest BCUT2D eigenvalue weighted by molar-refractivity contribution is 14.0. The molecule has 178 valence electrons. The Morgan fingerprint density at radius 2 is 1.97 bits per heavy atom. The lowest BCUT2D eigenvalue weighted by Crippen LogP contribution is -2.38. The van der Waals surface area contributed by atoms with E-state index in [1.54, 1.807) is 0 Å². The second-order valence-corrected chi connectivity index (χ2v) is 7.95. The van der Waals surface area contributed by atoms with Crippen LogP contribution in [0.2, 0.25) is 0 Å². The minimum atomic E-state index is 0. The van der Waals surface area contributed by atoms with Gasteiger partial charge in [0.2, 0.25) is 0 Å². The second kappa shape index (κ2) is 15.2. The van der Waals surface area contributed by atoms with Gasteiger partial charge in [-0.1, -0.05) is 42.4 Å². The molecule has 0 radical (unpaired) electrons. The van der Waals surface area contributed by atoms with Crippen molar-refractivity contribution in [3.63, 3.8) is 0 Å². The molecule has 0 aliphatic carbocycles. The van der Waals surface area contributed by atoms with Gasteiger partial charge in [0.15, 0.2) is 11.7 Å². The Bertz CT molecular complexity index is 776. The number of nitrogens with zero attached hydrogens (tertiary/aromatic N) is 3. The van der Waals surface area contributed by atoms with E-state index in [9.17, 15) is 0 Å². The minimum absolute atomic E-state index is 0. The number of aliphatic imine (C=N–C) groups is 1. The van der Waals surface area contributed by atoms with Crippen molar-refractivity contribution in [2.24, 2.45) is 4.99 Å². The maximum atomic E-state index is 6.12. The van der Waals surface area contributed by atoms with Crippen LogP contribution in [-0.4, -0.2) is 54.9 Å². The molecule has 2 aromatic rings. The molecule has 1 fully saturated rings. The van der Waals surface area contributed by atoms with Crippen LogP contribution in [-0.2, 0) is 24.2 Å². The molecule has 7 nitrogen and oxygen atoms in total. The molecule has 2 N–H and O–H groups in total. The number of nitrogens with one attached hydrogen (secondary N) is 2. The first-order valence-electron chi connectivity index (χ1n) is 11.6. The summed E-state index contributed by atoms with van der Waals surface area (Å²) in [5.41, 5.74) is 2.35. The SMILES string of the molecule is CCNC(=NCc1cc(CC)no1)NCCCOC1CCN(Cc2ccccc2)CC1.I. The molecule has 0 atom stereocenters. The average molecular weight is 556 g/mol. The van der Waals surface area contributed by atoms with Crippen LogP contribution >= 0.6 is 24.0 Å². The van der Waals surface area contributed by atoms with Gasteiger partial charge in [0, 0.05) is 45.4 Å². The molecule has 0 amide bonds. The number of aryl methyl sites for hydroxylation is 1. The molecule has 2 heterocycles. The van der Waals surface area contributed by atoms with E-state index in [1.807, 2.05) is 6.07 Å². The highest BCUT2D eigenvalue weighted by atomic mass is 127. The summed E-state index contributed by atoms with van der Waals surface area (Å²) in [7, 11) is 0. The lowest BCUT2D eigenvalue weighted by Gasteiger charge is -2.32. The number of aromatic nitrogens is 1. The van der Waals surface area contributed by atoms with E-state index in [0.29, 0.717) is 12.6 Å². The van der Waals surface area contributed by atoms with Crippen LogP contribution in [0, 0.1) is 0 Å². The predicted molar refractivity (Wildman–Crippen MR) is 139 cm³/mol. The van der Waals surface area contributed by atoms with Gasteiger partial charge in [-0.3, -0.25) is 4.90 Å². The highest BCUT2D eigenvalue weighted by Gasteiger charge is 2.19. The molecule has 1 aromatic carbocycles. The van der Waals surface area contributed by atoms with Crippen LogP contribution in [0.4, 0.5) is 0 Å². The Hall–Kier alpha value is -1.65. The van der Waals surface area contributed by atoms with E-state index in [-0.39, 0.29) is 24.0 Å². The third kappa shape index (κ3) is 9.46. The topological polar surface area (TPSA) is 74.9 Å². The number of hydrogen-bond acceptors (Lipinski definition) is 5. The maximum Gasteiger partial charge on any atom is 0.191 e. The Kier molecular flexibility index (Phi) is 12.7. The summed E-state index contributed by atoms with van der Waals surface area (Å²) >= 11 is 0. The summed E-state index contributed by atoms with van der Waals surface area (Å²) in [6.45, 7) is 10.3. The number of rotatable bonds is 11. The lowest BCUT2D eigenvalue weighted by molar-refractivity contribution is 0.00534. The van der Waals surface area contributed by atoms with Gasteiger partial charge in [0.25, 0.3) is 0 Å². The van der Waals surface area contributed by atoms with E-state index < -0.39 is 0 Å². The maximum absolute atomic E-state index is 6.12. The molecular weight excluding hydrogens is 517 g/mol.